The molecule has 9 nitrogen and oxygen atoms in total. The molecule has 0 atom stereocenters. The maximum Gasteiger partial charge on any atom is 0.303 e. The van der Waals surface area contributed by atoms with E-state index in [-0.39, 0.29) is 17.2 Å². The van der Waals surface area contributed by atoms with Crippen LogP contribution in [0.4, 0.5) is 5.69 Å². The van der Waals surface area contributed by atoms with Gasteiger partial charge >= 0.3 is 10.2 Å². The van der Waals surface area contributed by atoms with E-state index in [2.05, 4.69) is 25.3 Å². The van der Waals surface area contributed by atoms with Gasteiger partial charge in [-0.25, -0.2) is 4.98 Å². The van der Waals surface area contributed by atoms with Crippen molar-refractivity contribution in [3.05, 3.63) is 24.0 Å². The number of aromatic nitrogens is 2. The zero-order chi connectivity index (χ0) is 27.7. The van der Waals surface area contributed by atoms with Crippen LogP contribution in [0, 0.1) is 11.8 Å². The maximum atomic E-state index is 13.6. The molecule has 10 heteroatoms. The molecule has 0 saturated carbocycles. The Kier molecular flexibility index (Phi) is 8.74. The van der Waals surface area contributed by atoms with E-state index in [1.54, 1.807) is 7.05 Å². The van der Waals surface area contributed by atoms with Gasteiger partial charge in [0.2, 0.25) is 5.91 Å². The Hall–Kier alpha value is -2.17. The van der Waals surface area contributed by atoms with Crippen molar-refractivity contribution < 1.29 is 17.9 Å². The number of benzene rings is 1. The van der Waals surface area contributed by atoms with Gasteiger partial charge in [0.15, 0.2) is 0 Å². The number of nitrogens with zero attached hydrogens (tertiary/aromatic N) is 5. The van der Waals surface area contributed by atoms with Gasteiger partial charge in [0, 0.05) is 64.3 Å². The lowest BCUT2D eigenvalue weighted by Crippen LogP contribution is -2.48. The number of hydrogen-bond donors (Lipinski definition) is 0. The molecule has 3 heterocycles. The second kappa shape index (κ2) is 11.5. The number of carbonyl (C=O) groups is 1. The Morgan fingerprint density at radius 3 is 2.29 bits per heavy atom. The second-order valence-electron chi connectivity index (χ2n) is 11.7. The van der Waals surface area contributed by atoms with Gasteiger partial charge in [-0.3, -0.25) is 9.10 Å². The SMILES string of the molecule is CCN(CC)C(=O)C1CCN(S(=O)(=O)N(C)c2ccc3c(c2)nc(C(C)(C)C)n3CC2CCOCC2)CC1. The number of piperidine rings is 1. The van der Waals surface area contributed by atoms with E-state index in [9.17, 15) is 13.2 Å². The number of rotatable bonds is 8. The number of hydrogen-bond acceptors (Lipinski definition) is 5. The molecular formula is C28H45N5O4S. The number of amides is 1. The second-order valence-corrected chi connectivity index (χ2v) is 13.6. The van der Waals surface area contributed by atoms with E-state index in [1.807, 2.05) is 36.9 Å². The van der Waals surface area contributed by atoms with Gasteiger partial charge in [-0.2, -0.15) is 12.7 Å². The van der Waals surface area contributed by atoms with Gasteiger partial charge in [-0.15, -0.1) is 0 Å². The molecule has 0 radical (unpaired) electrons. The van der Waals surface area contributed by atoms with Gasteiger partial charge < -0.3 is 14.2 Å². The van der Waals surface area contributed by atoms with E-state index in [0.717, 1.165) is 49.5 Å². The van der Waals surface area contributed by atoms with Gasteiger partial charge in [-0.1, -0.05) is 20.8 Å². The summed E-state index contributed by atoms with van der Waals surface area (Å²) < 4.78 is 37.9. The van der Waals surface area contributed by atoms with Crippen LogP contribution < -0.4 is 4.31 Å². The summed E-state index contributed by atoms with van der Waals surface area (Å²) in [6, 6.07) is 5.78. The highest BCUT2D eigenvalue weighted by molar-refractivity contribution is 7.90. The molecule has 2 aliphatic heterocycles. The number of fused-ring (bicyclic) bond motifs is 1. The smallest absolute Gasteiger partial charge is 0.303 e. The Balaban J connectivity index is 1.54. The van der Waals surface area contributed by atoms with Crippen LogP contribution in [0.2, 0.25) is 0 Å². The fourth-order valence-electron chi connectivity index (χ4n) is 5.69. The Labute approximate surface area is 228 Å². The number of imidazole rings is 1. The van der Waals surface area contributed by atoms with Crippen LogP contribution in [0.25, 0.3) is 11.0 Å². The maximum absolute atomic E-state index is 13.6. The lowest BCUT2D eigenvalue weighted by molar-refractivity contribution is -0.136. The summed E-state index contributed by atoms with van der Waals surface area (Å²) in [5.41, 5.74) is 2.29. The summed E-state index contributed by atoms with van der Waals surface area (Å²) in [6.07, 6.45) is 3.18. The summed E-state index contributed by atoms with van der Waals surface area (Å²) in [6.45, 7) is 15.0. The van der Waals surface area contributed by atoms with E-state index in [4.69, 9.17) is 9.72 Å². The van der Waals surface area contributed by atoms with Gasteiger partial charge in [0.25, 0.3) is 0 Å². The Bertz CT molecular complexity index is 1220. The van der Waals surface area contributed by atoms with E-state index >= 15 is 0 Å². The fraction of sp³-hybridized carbons (Fsp3) is 0.714. The first kappa shape index (κ1) is 28.8. The molecule has 0 aliphatic carbocycles. The van der Waals surface area contributed by atoms with Crippen LogP contribution in [-0.4, -0.2) is 79.5 Å². The lowest BCUT2D eigenvalue weighted by atomic mass is 9.94. The molecule has 38 heavy (non-hydrogen) atoms. The molecule has 2 aromatic rings. The minimum atomic E-state index is -3.73. The molecular weight excluding hydrogens is 502 g/mol. The Morgan fingerprint density at radius 1 is 1.08 bits per heavy atom. The summed E-state index contributed by atoms with van der Waals surface area (Å²) >= 11 is 0. The van der Waals surface area contributed by atoms with E-state index in [0.29, 0.717) is 50.6 Å². The molecule has 0 spiro atoms. The van der Waals surface area contributed by atoms with Gasteiger partial charge in [-0.05, 0) is 63.6 Å². The van der Waals surface area contributed by atoms with Crippen LogP contribution in [0.15, 0.2) is 18.2 Å². The van der Waals surface area contributed by atoms with Crippen molar-refractivity contribution in [3.63, 3.8) is 0 Å². The van der Waals surface area contributed by atoms with Crippen molar-refractivity contribution >= 4 is 32.8 Å². The summed E-state index contributed by atoms with van der Waals surface area (Å²) in [4.78, 5) is 19.6. The van der Waals surface area contributed by atoms with Crippen molar-refractivity contribution in [2.45, 2.75) is 72.3 Å². The number of carbonyl (C=O) groups excluding carboxylic acids is 1. The molecule has 0 bridgehead atoms. The first-order valence-corrected chi connectivity index (χ1v) is 15.5. The summed E-state index contributed by atoms with van der Waals surface area (Å²) in [5, 5.41) is 0. The lowest BCUT2D eigenvalue weighted by Gasteiger charge is -2.35. The first-order chi connectivity index (χ1) is 18.0. The standard InChI is InChI=1S/C28H45N5O4S/c1-7-31(8-2)26(34)22-11-15-32(16-12-22)38(35,36)30(6)23-9-10-25-24(19-23)29-27(28(3,4)5)33(25)20-21-13-17-37-18-14-21/h9-10,19,21-22H,7-8,11-18,20H2,1-6H3. The van der Waals surface area contributed by atoms with Crippen molar-refractivity contribution in [1.82, 2.24) is 18.8 Å². The minimum absolute atomic E-state index is 0.112. The average Bonchev–Trinajstić information content (AvgIpc) is 3.27. The summed E-state index contributed by atoms with van der Waals surface area (Å²) in [5.74, 6) is 1.58. The molecule has 4 rings (SSSR count). The normalized spacial score (nSPS) is 18.7. The van der Waals surface area contributed by atoms with Crippen molar-refractivity contribution in [1.29, 1.82) is 0 Å². The minimum Gasteiger partial charge on any atom is -0.381 e. The third-order valence-electron chi connectivity index (χ3n) is 8.10. The molecule has 1 amide bonds. The highest BCUT2D eigenvalue weighted by Gasteiger charge is 2.35. The van der Waals surface area contributed by atoms with Crippen molar-refractivity contribution in [2.75, 3.05) is 50.7 Å². The van der Waals surface area contributed by atoms with Crippen LogP contribution in [0.3, 0.4) is 0 Å². The van der Waals surface area contributed by atoms with Crippen LogP contribution in [0.5, 0.6) is 0 Å². The molecule has 2 aliphatic rings. The molecule has 0 N–H and O–H groups in total. The summed E-state index contributed by atoms with van der Waals surface area (Å²) in [7, 11) is -2.12. The third-order valence-corrected chi connectivity index (χ3v) is 10.0. The predicted octanol–water partition coefficient (Wildman–Crippen LogP) is 4.02. The predicted molar refractivity (Wildman–Crippen MR) is 152 cm³/mol. The fourth-order valence-corrected chi connectivity index (χ4v) is 7.09. The molecule has 1 aromatic carbocycles. The highest BCUT2D eigenvalue weighted by Crippen LogP contribution is 2.32. The molecule has 2 fully saturated rings. The van der Waals surface area contributed by atoms with Crippen LogP contribution >= 0.6 is 0 Å². The molecule has 2 saturated heterocycles. The Morgan fingerprint density at radius 2 is 1.71 bits per heavy atom. The molecule has 0 unspecified atom stereocenters. The van der Waals surface area contributed by atoms with Crippen molar-refractivity contribution in [3.8, 4) is 0 Å². The number of anilines is 1. The largest absolute Gasteiger partial charge is 0.381 e. The van der Waals surface area contributed by atoms with Crippen LogP contribution in [-0.2, 0) is 31.7 Å². The monoisotopic (exact) mass is 547 g/mol. The zero-order valence-electron chi connectivity index (χ0n) is 23.9. The van der Waals surface area contributed by atoms with Crippen LogP contribution in [0.1, 0.15) is 66.1 Å². The first-order valence-electron chi connectivity index (χ1n) is 14.1. The van der Waals surface area contributed by atoms with Gasteiger partial charge in [0.05, 0.1) is 16.7 Å². The van der Waals surface area contributed by atoms with Gasteiger partial charge in [0.1, 0.15) is 5.82 Å². The van der Waals surface area contributed by atoms with E-state index < -0.39 is 10.2 Å². The highest BCUT2D eigenvalue weighted by atomic mass is 32.2. The molecule has 1 aromatic heterocycles. The topological polar surface area (TPSA) is 88.0 Å². The van der Waals surface area contributed by atoms with Crippen molar-refractivity contribution in [2.24, 2.45) is 11.8 Å². The zero-order valence-corrected chi connectivity index (χ0v) is 24.8. The number of ether oxygens (including phenoxy) is 1. The average molecular weight is 548 g/mol. The molecule has 212 valence electrons. The van der Waals surface area contributed by atoms with E-state index in [1.165, 1.54) is 8.61 Å². The third kappa shape index (κ3) is 5.87. The quantitative estimate of drug-likeness (QED) is 0.498.